The van der Waals surface area contributed by atoms with E-state index in [1.165, 1.54) is 6.08 Å². The third-order valence-electron chi connectivity index (χ3n) is 2.46. The van der Waals surface area contributed by atoms with Crippen LogP contribution in [0, 0.1) is 0 Å². The molecule has 0 saturated carbocycles. The first-order valence-electron chi connectivity index (χ1n) is 5.89. The number of nitrogens with zero attached hydrogens (tertiary/aromatic N) is 3. The van der Waals surface area contributed by atoms with Crippen molar-refractivity contribution in [2.24, 2.45) is 0 Å². The van der Waals surface area contributed by atoms with Crippen molar-refractivity contribution in [2.75, 3.05) is 14.1 Å². The molecule has 1 aromatic heterocycles. The molecule has 98 valence electrons. The second kappa shape index (κ2) is 5.97. The quantitative estimate of drug-likeness (QED) is 0.666. The Morgan fingerprint density at radius 3 is 2.63 bits per heavy atom. The van der Waals surface area contributed by atoms with Crippen LogP contribution in [-0.4, -0.2) is 34.6 Å². The van der Waals surface area contributed by atoms with Gasteiger partial charge in [-0.05, 0) is 23.8 Å². The predicted octanol–water partition coefficient (Wildman–Crippen LogP) is 1.48. The normalized spacial score (nSPS) is 11.1. The molecule has 2 rings (SSSR count). The van der Waals surface area contributed by atoms with Gasteiger partial charge in [-0.25, -0.2) is 9.99 Å². The maximum absolute atomic E-state index is 11.4. The lowest BCUT2D eigenvalue weighted by atomic mass is 10.2. The number of imidazole rings is 1. The van der Waals surface area contributed by atoms with Crippen LogP contribution < -0.4 is 5.43 Å². The van der Waals surface area contributed by atoms with E-state index < -0.39 is 0 Å². The van der Waals surface area contributed by atoms with Gasteiger partial charge in [0, 0.05) is 38.3 Å². The van der Waals surface area contributed by atoms with Crippen LogP contribution in [0.1, 0.15) is 5.56 Å². The summed E-state index contributed by atoms with van der Waals surface area (Å²) in [6, 6.07) is 7.86. The molecular weight excluding hydrogens is 240 g/mol. The third kappa shape index (κ3) is 3.79. The maximum atomic E-state index is 11.4. The van der Waals surface area contributed by atoms with Gasteiger partial charge in [-0.3, -0.25) is 10.2 Å². The average molecular weight is 256 g/mol. The second-order valence-electron chi connectivity index (χ2n) is 4.27. The lowest BCUT2D eigenvalue weighted by Crippen LogP contribution is -2.34. The SMILES string of the molecule is CN(C)NC(=O)/C=C/c1ccc(-n2ccnc2)cc1. The monoisotopic (exact) mass is 256 g/mol. The van der Waals surface area contributed by atoms with Crippen LogP contribution in [0.5, 0.6) is 0 Å². The summed E-state index contributed by atoms with van der Waals surface area (Å²) >= 11 is 0. The van der Waals surface area contributed by atoms with Crippen LogP contribution in [0.15, 0.2) is 49.1 Å². The average Bonchev–Trinajstić information content (AvgIpc) is 2.90. The lowest BCUT2D eigenvalue weighted by molar-refractivity contribution is -0.119. The van der Waals surface area contributed by atoms with Crippen molar-refractivity contribution >= 4 is 12.0 Å². The molecule has 0 spiro atoms. The lowest BCUT2D eigenvalue weighted by Gasteiger charge is -2.08. The number of benzene rings is 1. The van der Waals surface area contributed by atoms with E-state index in [1.54, 1.807) is 37.7 Å². The molecule has 0 bridgehead atoms. The molecule has 2 aromatic rings. The van der Waals surface area contributed by atoms with Crippen molar-refractivity contribution in [3.05, 3.63) is 54.6 Å². The molecule has 0 radical (unpaired) electrons. The molecule has 1 heterocycles. The fraction of sp³-hybridized carbons (Fsp3) is 0.143. The Balaban J connectivity index is 2.03. The van der Waals surface area contributed by atoms with E-state index in [9.17, 15) is 4.79 Å². The van der Waals surface area contributed by atoms with Crippen molar-refractivity contribution in [1.29, 1.82) is 0 Å². The Labute approximate surface area is 112 Å². The number of nitrogens with one attached hydrogen (secondary N) is 1. The van der Waals surface area contributed by atoms with Gasteiger partial charge in [0.1, 0.15) is 0 Å². The summed E-state index contributed by atoms with van der Waals surface area (Å²) in [4.78, 5) is 15.4. The Kier molecular flexibility index (Phi) is 4.10. The first-order chi connectivity index (χ1) is 9.15. The Bertz CT molecular complexity index is 556. The van der Waals surface area contributed by atoms with Gasteiger partial charge in [-0.1, -0.05) is 12.1 Å². The highest BCUT2D eigenvalue weighted by molar-refractivity contribution is 5.91. The Morgan fingerprint density at radius 2 is 2.05 bits per heavy atom. The molecule has 1 N–H and O–H groups in total. The molecule has 0 saturated heterocycles. The summed E-state index contributed by atoms with van der Waals surface area (Å²) in [5.41, 5.74) is 4.65. The van der Waals surface area contributed by atoms with Gasteiger partial charge in [0.15, 0.2) is 0 Å². The number of aromatic nitrogens is 2. The van der Waals surface area contributed by atoms with Gasteiger partial charge in [0.2, 0.25) is 0 Å². The molecular formula is C14H16N4O. The number of rotatable bonds is 4. The van der Waals surface area contributed by atoms with E-state index in [1.807, 2.05) is 35.0 Å². The van der Waals surface area contributed by atoms with Crippen LogP contribution in [0.2, 0.25) is 0 Å². The van der Waals surface area contributed by atoms with E-state index in [-0.39, 0.29) is 5.91 Å². The van der Waals surface area contributed by atoms with E-state index >= 15 is 0 Å². The Hall–Kier alpha value is -2.40. The van der Waals surface area contributed by atoms with Crippen molar-refractivity contribution in [2.45, 2.75) is 0 Å². The van der Waals surface area contributed by atoms with E-state index in [0.717, 1.165) is 11.3 Å². The van der Waals surface area contributed by atoms with Gasteiger partial charge < -0.3 is 4.57 Å². The van der Waals surface area contributed by atoms with Gasteiger partial charge >= 0.3 is 0 Å². The first-order valence-corrected chi connectivity index (χ1v) is 5.89. The van der Waals surface area contributed by atoms with Gasteiger partial charge in [0.25, 0.3) is 5.91 Å². The molecule has 19 heavy (non-hydrogen) atoms. The van der Waals surface area contributed by atoms with Crippen molar-refractivity contribution in [3.63, 3.8) is 0 Å². The topological polar surface area (TPSA) is 50.2 Å². The molecule has 0 unspecified atom stereocenters. The molecule has 1 aromatic carbocycles. The number of hydrazine groups is 1. The minimum Gasteiger partial charge on any atom is -0.306 e. The van der Waals surface area contributed by atoms with E-state index in [4.69, 9.17) is 0 Å². The van der Waals surface area contributed by atoms with Crippen LogP contribution >= 0.6 is 0 Å². The second-order valence-corrected chi connectivity index (χ2v) is 4.27. The van der Waals surface area contributed by atoms with E-state index in [0.29, 0.717) is 0 Å². The highest BCUT2D eigenvalue weighted by atomic mass is 16.2. The fourth-order valence-corrected chi connectivity index (χ4v) is 1.60. The third-order valence-corrected chi connectivity index (χ3v) is 2.46. The van der Waals surface area contributed by atoms with Gasteiger partial charge in [-0.2, -0.15) is 0 Å². The molecule has 0 atom stereocenters. The number of carbonyl (C=O) groups is 1. The van der Waals surface area contributed by atoms with Crippen molar-refractivity contribution in [3.8, 4) is 5.69 Å². The smallest absolute Gasteiger partial charge is 0.258 e. The summed E-state index contributed by atoms with van der Waals surface area (Å²) in [5.74, 6) is -0.149. The summed E-state index contributed by atoms with van der Waals surface area (Å²) in [6.07, 6.45) is 8.65. The first kappa shape index (κ1) is 13.0. The molecule has 0 fully saturated rings. The zero-order valence-electron chi connectivity index (χ0n) is 10.9. The van der Waals surface area contributed by atoms with Crippen LogP contribution in [0.4, 0.5) is 0 Å². The summed E-state index contributed by atoms with van der Waals surface area (Å²) in [7, 11) is 3.54. The van der Waals surface area contributed by atoms with E-state index in [2.05, 4.69) is 10.4 Å². The number of hydrogen-bond acceptors (Lipinski definition) is 3. The van der Waals surface area contributed by atoms with Gasteiger partial charge in [-0.15, -0.1) is 0 Å². The zero-order chi connectivity index (χ0) is 13.7. The molecule has 5 heteroatoms. The maximum Gasteiger partial charge on any atom is 0.258 e. The summed E-state index contributed by atoms with van der Waals surface area (Å²) in [5, 5.41) is 1.61. The van der Waals surface area contributed by atoms with Crippen LogP contribution in [-0.2, 0) is 4.79 Å². The van der Waals surface area contributed by atoms with Crippen LogP contribution in [0.3, 0.4) is 0 Å². The minimum absolute atomic E-state index is 0.149. The molecule has 0 aliphatic carbocycles. The zero-order valence-corrected chi connectivity index (χ0v) is 10.9. The molecule has 0 aliphatic rings. The number of hydrogen-bond donors (Lipinski definition) is 1. The number of carbonyl (C=O) groups excluding carboxylic acids is 1. The van der Waals surface area contributed by atoms with Gasteiger partial charge in [0.05, 0.1) is 6.33 Å². The number of amides is 1. The molecule has 5 nitrogen and oxygen atoms in total. The largest absolute Gasteiger partial charge is 0.306 e. The molecule has 1 amide bonds. The minimum atomic E-state index is -0.149. The summed E-state index contributed by atoms with van der Waals surface area (Å²) in [6.45, 7) is 0. The standard InChI is InChI=1S/C14H16N4O/c1-17(2)16-14(19)8-5-12-3-6-13(7-4-12)18-10-9-15-11-18/h3-11H,1-2H3,(H,16,19)/b8-5+. The fourth-order valence-electron chi connectivity index (χ4n) is 1.60. The highest BCUT2D eigenvalue weighted by Crippen LogP contribution is 2.10. The highest BCUT2D eigenvalue weighted by Gasteiger charge is 1.97. The van der Waals surface area contributed by atoms with Crippen molar-refractivity contribution in [1.82, 2.24) is 20.0 Å². The van der Waals surface area contributed by atoms with Crippen molar-refractivity contribution < 1.29 is 4.79 Å². The predicted molar refractivity (Wildman–Crippen MR) is 74.4 cm³/mol. The Morgan fingerprint density at radius 1 is 1.32 bits per heavy atom. The summed E-state index contributed by atoms with van der Waals surface area (Å²) < 4.78 is 1.92. The van der Waals surface area contributed by atoms with Crippen LogP contribution in [0.25, 0.3) is 11.8 Å². The molecule has 0 aliphatic heterocycles.